The molecule has 0 saturated carbocycles. The van der Waals surface area contributed by atoms with Crippen molar-refractivity contribution in [2.75, 3.05) is 0 Å². The quantitative estimate of drug-likeness (QED) is 0.763. The molecule has 0 radical (unpaired) electrons. The highest BCUT2D eigenvalue weighted by atomic mass is 16.3. The fraction of sp³-hybridized carbons (Fsp3) is 0.571. The van der Waals surface area contributed by atoms with Gasteiger partial charge in [-0.25, -0.2) is 0 Å². The minimum Gasteiger partial charge on any atom is -0.507 e. The van der Waals surface area contributed by atoms with Gasteiger partial charge in [-0.3, -0.25) is 0 Å². The Labute approximate surface area is 97.5 Å². The summed E-state index contributed by atoms with van der Waals surface area (Å²) in [6, 6.07) is -0.0917. The summed E-state index contributed by atoms with van der Waals surface area (Å²) in [5.41, 5.74) is 12.0. The van der Waals surface area contributed by atoms with Crippen molar-refractivity contribution in [1.29, 1.82) is 0 Å². The van der Waals surface area contributed by atoms with Crippen LogP contribution in [0, 0.1) is 13.8 Å². The first-order valence-corrected chi connectivity index (χ1v) is 6.13. The Morgan fingerprint density at radius 2 is 1.56 bits per heavy atom. The molecule has 16 heavy (non-hydrogen) atoms. The first-order valence-electron chi connectivity index (χ1n) is 6.13. The Morgan fingerprint density at radius 1 is 1.06 bits per heavy atom. The SMILES string of the molecule is Cc1c(O)c(C(C)N)c(C)c2c1CCCC2. The number of benzene rings is 1. The van der Waals surface area contributed by atoms with Gasteiger partial charge < -0.3 is 10.8 Å². The lowest BCUT2D eigenvalue weighted by Gasteiger charge is -2.25. The summed E-state index contributed by atoms with van der Waals surface area (Å²) in [5, 5.41) is 10.2. The fourth-order valence-electron chi connectivity index (χ4n) is 2.98. The van der Waals surface area contributed by atoms with E-state index in [4.69, 9.17) is 5.73 Å². The molecule has 2 heteroatoms. The van der Waals surface area contributed by atoms with Crippen molar-refractivity contribution < 1.29 is 5.11 Å². The monoisotopic (exact) mass is 219 g/mol. The zero-order valence-electron chi connectivity index (χ0n) is 10.4. The van der Waals surface area contributed by atoms with E-state index in [2.05, 4.69) is 6.92 Å². The van der Waals surface area contributed by atoms with Crippen molar-refractivity contribution in [3.05, 3.63) is 27.8 Å². The van der Waals surface area contributed by atoms with Gasteiger partial charge in [-0.05, 0) is 68.7 Å². The van der Waals surface area contributed by atoms with E-state index >= 15 is 0 Å². The third kappa shape index (κ3) is 1.61. The van der Waals surface area contributed by atoms with Crippen LogP contribution in [0.1, 0.15) is 53.6 Å². The Bertz CT molecular complexity index is 421. The van der Waals surface area contributed by atoms with E-state index in [0.717, 1.165) is 24.0 Å². The topological polar surface area (TPSA) is 46.2 Å². The molecule has 1 unspecified atom stereocenters. The molecule has 0 saturated heterocycles. The van der Waals surface area contributed by atoms with Gasteiger partial charge in [0.25, 0.3) is 0 Å². The maximum atomic E-state index is 10.2. The summed E-state index contributed by atoms with van der Waals surface area (Å²) < 4.78 is 0. The third-order valence-electron chi connectivity index (χ3n) is 3.84. The fourth-order valence-corrected chi connectivity index (χ4v) is 2.98. The minimum atomic E-state index is -0.0917. The largest absolute Gasteiger partial charge is 0.507 e. The van der Waals surface area contributed by atoms with Crippen LogP contribution in [0.4, 0.5) is 0 Å². The van der Waals surface area contributed by atoms with Gasteiger partial charge in [0, 0.05) is 11.6 Å². The molecule has 0 bridgehead atoms. The lowest BCUT2D eigenvalue weighted by atomic mass is 9.82. The highest BCUT2D eigenvalue weighted by molar-refractivity contribution is 5.56. The second-order valence-electron chi connectivity index (χ2n) is 4.97. The molecule has 1 aromatic rings. The van der Waals surface area contributed by atoms with E-state index in [0.29, 0.717) is 5.75 Å². The van der Waals surface area contributed by atoms with E-state index in [1.165, 1.54) is 29.5 Å². The Balaban J connectivity index is 2.70. The van der Waals surface area contributed by atoms with E-state index in [-0.39, 0.29) is 6.04 Å². The minimum absolute atomic E-state index is 0.0917. The van der Waals surface area contributed by atoms with Crippen LogP contribution < -0.4 is 5.73 Å². The summed E-state index contributed by atoms with van der Waals surface area (Å²) in [6.45, 7) is 6.06. The number of nitrogens with two attached hydrogens (primary N) is 1. The average Bonchev–Trinajstić information content (AvgIpc) is 2.26. The van der Waals surface area contributed by atoms with Gasteiger partial charge in [0.15, 0.2) is 0 Å². The highest BCUT2D eigenvalue weighted by Crippen LogP contribution is 2.38. The molecule has 1 aromatic carbocycles. The summed E-state index contributed by atoms with van der Waals surface area (Å²) in [7, 11) is 0. The molecule has 2 nitrogen and oxygen atoms in total. The van der Waals surface area contributed by atoms with Crippen molar-refractivity contribution in [1.82, 2.24) is 0 Å². The van der Waals surface area contributed by atoms with Crippen molar-refractivity contribution in [3.8, 4) is 5.75 Å². The van der Waals surface area contributed by atoms with Crippen LogP contribution >= 0.6 is 0 Å². The summed E-state index contributed by atoms with van der Waals surface area (Å²) in [6.07, 6.45) is 4.75. The zero-order valence-corrected chi connectivity index (χ0v) is 10.4. The van der Waals surface area contributed by atoms with Gasteiger partial charge in [-0.15, -0.1) is 0 Å². The lowest BCUT2D eigenvalue weighted by Crippen LogP contribution is -2.14. The van der Waals surface area contributed by atoms with Gasteiger partial charge >= 0.3 is 0 Å². The molecule has 1 atom stereocenters. The molecule has 88 valence electrons. The Morgan fingerprint density at radius 3 is 2.06 bits per heavy atom. The molecule has 0 aliphatic heterocycles. The summed E-state index contributed by atoms with van der Waals surface area (Å²) >= 11 is 0. The molecule has 1 aliphatic carbocycles. The van der Waals surface area contributed by atoms with Crippen molar-refractivity contribution >= 4 is 0 Å². The number of phenolic OH excluding ortho intramolecular Hbond substituents is 1. The van der Waals surface area contributed by atoms with Gasteiger partial charge in [-0.1, -0.05) is 0 Å². The molecule has 1 aliphatic rings. The van der Waals surface area contributed by atoms with Crippen LogP contribution in [0.5, 0.6) is 5.75 Å². The molecule has 0 fully saturated rings. The number of rotatable bonds is 1. The summed E-state index contributed by atoms with van der Waals surface area (Å²) in [5.74, 6) is 0.424. The van der Waals surface area contributed by atoms with Gasteiger partial charge in [-0.2, -0.15) is 0 Å². The first kappa shape index (κ1) is 11.5. The predicted molar refractivity (Wildman–Crippen MR) is 66.8 cm³/mol. The zero-order chi connectivity index (χ0) is 11.9. The second kappa shape index (κ2) is 4.10. The number of aromatic hydroxyl groups is 1. The van der Waals surface area contributed by atoms with Gasteiger partial charge in [0.2, 0.25) is 0 Å². The van der Waals surface area contributed by atoms with Crippen LogP contribution in [-0.4, -0.2) is 5.11 Å². The molecule has 0 spiro atoms. The molecular weight excluding hydrogens is 198 g/mol. The van der Waals surface area contributed by atoms with E-state index in [1.54, 1.807) is 0 Å². The van der Waals surface area contributed by atoms with Gasteiger partial charge in [0.1, 0.15) is 5.75 Å². The first-order chi connectivity index (χ1) is 7.54. The summed E-state index contributed by atoms with van der Waals surface area (Å²) in [4.78, 5) is 0. The molecular formula is C14H21NO. The van der Waals surface area contributed by atoms with E-state index in [9.17, 15) is 5.11 Å². The smallest absolute Gasteiger partial charge is 0.123 e. The molecule has 0 amide bonds. The Hall–Kier alpha value is -1.02. The van der Waals surface area contributed by atoms with E-state index in [1.807, 2.05) is 13.8 Å². The molecule has 2 rings (SSSR count). The Kier molecular flexibility index (Phi) is 2.94. The molecule has 0 aromatic heterocycles. The normalized spacial score (nSPS) is 17.0. The number of phenols is 1. The second-order valence-corrected chi connectivity index (χ2v) is 4.97. The van der Waals surface area contributed by atoms with Crippen LogP contribution in [-0.2, 0) is 12.8 Å². The average molecular weight is 219 g/mol. The number of fused-ring (bicyclic) bond motifs is 1. The van der Waals surface area contributed by atoms with Crippen LogP contribution in [0.15, 0.2) is 0 Å². The standard InChI is InChI=1S/C14H21NO/c1-8-11-6-4-5-7-12(11)9(2)14(16)13(8)10(3)15/h10,16H,4-7,15H2,1-3H3. The van der Waals surface area contributed by atoms with Crippen LogP contribution in [0.3, 0.4) is 0 Å². The third-order valence-corrected chi connectivity index (χ3v) is 3.84. The van der Waals surface area contributed by atoms with Crippen molar-refractivity contribution in [2.45, 2.75) is 52.5 Å². The van der Waals surface area contributed by atoms with Crippen molar-refractivity contribution in [3.63, 3.8) is 0 Å². The van der Waals surface area contributed by atoms with Crippen LogP contribution in [0.2, 0.25) is 0 Å². The number of hydrogen-bond acceptors (Lipinski definition) is 2. The van der Waals surface area contributed by atoms with Crippen LogP contribution in [0.25, 0.3) is 0 Å². The van der Waals surface area contributed by atoms with E-state index < -0.39 is 0 Å². The predicted octanol–water partition coefficient (Wildman–Crippen LogP) is 2.91. The van der Waals surface area contributed by atoms with Crippen molar-refractivity contribution in [2.24, 2.45) is 5.73 Å². The molecule has 0 heterocycles. The number of hydrogen-bond donors (Lipinski definition) is 2. The maximum absolute atomic E-state index is 10.2. The van der Waals surface area contributed by atoms with Gasteiger partial charge in [0.05, 0.1) is 0 Å². The lowest BCUT2D eigenvalue weighted by molar-refractivity contribution is 0.455. The molecule has 3 N–H and O–H groups in total. The maximum Gasteiger partial charge on any atom is 0.123 e. The highest BCUT2D eigenvalue weighted by Gasteiger charge is 2.22.